The molecule has 0 radical (unpaired) electrons. The Morgan fingerprint density at radius 1 is 1.18 bits per heavy atom. The van der Waals surface area contributed by atoms with Gasteiger partial charge in [-0.1, -0.05) is 30.3 Å². The van der Waals surface area contributed by atoms with E-state index in [1.807, 2.05) is 30.3 Å². The third-order valence-corrected chi connectivity index (χ3v) is 2.70. The van der Waals surface area contributed by atoms with E-state index < -0.39 is 11.7 Å². The number of carbonyl (C=O) groups excluding carboxylic acids is 2. The molecule has 122 valence electrons. The summed E-state index contributed by atoms with van der Waals surface area (Å²) in [5.74, 6) is -0.380. The quantitative estimate of drug-likeness (QED) is 0.646. The smallest absolute Gasteiger partial charge is 0.424 e. The number of ether oxygens (including phenoxy) is 2. The zero-order valence-corrected chi connectivity index (χ0v) is 13.6. The Balaban J connectivity index is 2.64. The molecule has 1 aromatic rings. The maximum Gasteiger partial charge on any atom is 0.424 e. The van der Waals surface area contributed by atoms with Crippen LogP contribution in [0.5, 0.6) is 0 Å². The molecule has 6 heteroatoms. The first kappa shape index (κ1) is 18.0. The highest BCUT2D eigenvalue weighted by Crippen LogP contribution is 2.10. The van der Waals surface area contributed by atoms with Gasteiger partial charge in [0.2, 0.25) is 0 Å². The number of carbonyl (C=O) groups is 2. The lowest BCUT2D eigenvalue weighted by Crippen LogP contribution is -2.46. The van der Waals surface area contributed by atoms with Gasteiger partial charge in [-0.05, 0) is 26.3 Å². The summed E-state index contributed by atoms with van der Waals surface area (Å²) in [6.45, 7) is 6.01. The maximum atomic E-state index is 12.2. The lowest BCUT2D eigenvalue weighted by molar-refractivity contribution is -0.141. The third-order valence-electron chi connectivity index (χ3n) is 2.70. The van der Waals surface area contributed by atoms with Crippen molar-refractivity contribution in [3.63, 3.8) is 0 Å². The van der Waals surface area contributed by atoms with Gasteiger partial charge in [0, 0.05) is 6.54 Å². The van der Waals surface area contributed by atoms with Gasteiger partial charge in [-0.3, -0.25) is 4.79 Å². The highest BCUT2D eigenvalue weighted by Gasteiger charge is 2.22. The number of amides is 1. The number of nitrogens with zero attached hydrogens (tertiary/aromatic N) is 1. The van der Waals surface area contributed by atoms with Crippen LogP contribution in [0.2, 0.25) is 0 Å². The van der Waals surface area contributed by atoms with Crippen molar-refractivity contribution in [2.45, 2.75) is 39.3 Å². The van der Waals surface area contributed by atoms with Gasteiger partial charge in [-0.25, -0.2) is 15.2 Å². The van der Waals surface area contributed by atoms with Crippen LogP contribution in [-0.2, 0) is 20.8 Å². The molecule has 1 rings (SSSR count). The summed E-state index contributed by atoms with van der Waals surface area (Å²) in [5, 5.41) is 1.30. The average molecular weight is 308 g/mol. The molecule has 0 saturated carbocycles. The van der Waals surface area contributed by atoms with Gasteiger partial charge in [0.05, 0.1) is 20.1 Å². The first-order chi connectivity index (χ1) is 10.3. The normalized spacial score (nSPS) is 10.9. The minimum atomic E-state index is -0.602. The number of hydrogen-bond acceptors (Lipinski definition) is 5. The van der Waals surface area contributed by atoms with Gasteiger partial charge in [-0.15, -0.1) is 0 Å². The summed E-state index contributed by atoms with van der Waals surface area (Å²) < 4.78 is 9.93. The van der Waals surface area contributed by atoms with Crippen molar-refractivity contribution in [3.8, 4) is 0 Å². The van der Waals surface area contributed by atoms with Crippen molar-refractivity contribution in [2.24, 2.45) is 0 Å². The van der Waals surface area contributed by atoms with E-state index in [-0.39, 0.29) is 18.9 Å². The number of methoxy groups -OCH3 is 1. The van der Waals surface area contributed by atoms with Crippen LogP contribution in [-0.4, -0.2) is 36.3 Å². The number of benzene rings is 1. The minimum Gasteiger partial charge on any atom is -0.469 e. The van der Waals surface area contributed by atoms with Crippen LogP contribution < -0.4 is 5.43 Å². The van der Waals surface area contributed by atoms with Crippen molar-refractivity contribution >= 4 is 12.1 Å². The van der Waals surface area contributed by atoms with Crippen LogP contribution in [0.25, 0.3) is 0 Å². The van der Waals surface area contributed by atoms with Crippen molar-refractivity contribution in [3.05, 3.63) is 35.9 Å². The van der Waals surface area contributed by atoms with Gasteiger partial charge < -0.3 is 9.47 Å². The van der Waals surface area contributed by atoms with Crippen molar-refractivity contribution < 1.29 is 19.1 Å². The molecule has 6 nitrogen and oxygen atoms in total. The van der Waals surface area contributed by atoms with Crippen LogP contribution in [0.4, 0.5) is 4.79 Å². The second-order valence-corrected chi connectivity index (χ2v) is 5.78. The molecule has 0 bridgehead atoms. The molecular weight excluding hydrogens is 284 g/mol. The molecule has 0 heterocycles. The van der Waals surface area contributed by atoms with Gasteiger partial charge in [0.25, 0.3) is 0 Å². The number of esters is 1. The maximum absolute atomic E-state index is 12.2. The molecule has 0 spiro atoms. The molecule has 1 amide bonds. The summed E-state index contributed by atoms with van der Waals surface area (Å²) in [4.78, 5) is 23.4. The number of rotatable bonds is 6. The molecule has 0 aromatic heterocycles. The summed E-state index contributed by atoms with van der Waals surface area (Å²) in [5.41, 5.74) is 3.41. The Morgan fingerprint density at radius 2 is 1.82 bits per heavy atom. The van der Waals surface area contributed by atoms with Gasteiger partial charge in [0.1, 0.15) is 5.60 Å². The monoisotopic (exact) mass is 308 g/mol. The van der Waals surface area contributed by atoms with Gasteiger partial charge in [0.15, 0.2) is 0 Å². The Bertz CT molecular complexity index is 483. The van der Waals surface area contributed by atoms with E-state index in [2.05, 4.69) is 10.2 Å². The lowest BCUT2D eigenvalue weighted by Gasteiger charge is -2.27. The second-order valence-electron chi connectivity index (χ2n) is 5.78. The van der Waals surface area contributed by atoms with Crippen LogP contribution in [0.15, 0.2) is 30.3 Å². The zero-order chi connectivity index (χ0) is 16.6. The van der Waals surface area contributed by atoms with E-state index in [1.54, 1.807) is 20.8 Å². The Morgan fingerprint density at radius 3 is 2.36 bits per heavy atom. The fraction of sp³-hybridized carbons (Fsp3) is 0.500. The predicted molar refractivity (Wildman–Crippen MR) is 82.9 cm³/mol. The largest absolute Gasteiger partial charge is 0.469 e. The van der Waals surface area contributed by atoms with Crippen LogP contribution in [0.3, 0.4) is 0 Å². The second kappa shape index (κ2) is 8.38. The topological polar surface area (TPSA) is 67.9 Å². The van der Waals surface area contributed by atoms with E-state index >= 15 is 0 Å². The SMILES string of the molecule is COC(=O)CCN(NCc1ccccc1)C(=O)OC(C)(C)C. The summed E-state index contributed by atoms with van der Waals surface area (Å²) in [6, 6.07) is 9.65. The first-order valence-electron chi connectivity index (χ1n) is 7.16. The van der Waals surface area contributed by atoms with Crippen LogP contribution in [0.1, 0.15) is 32.8 Å². The van der Waals surface area contributed by atoms with E-state index in [0.717, 1.165) is 5.56 Å². The zero-order valence-electron chi connectivity index (χ0n) is 13.6. The molecule has 1 N–H and O–H groups in total. The molecule has 0 unspecified atom stereocenters. The third kappa shape index (κ3) is 7.08. The molecule has 0 aliphatic heterocycles. The molecule has 1 aromatic carbocycles. The average Bonchev–Trinajstić information content (AvgIpc) is 2.46. The summed E-state index contributed by atoms with van der Waals surface area (Å²) in [7, 11) is 1.32. The fourth-order valence-electron chi connectivity index (χ4n) is 1.64. The van der Waals surface area contributed by atoms with Crippen LogP contribution in [0, 0.1) is 0 Å². The van der Waals surface area contributed by atoms with Crippen molar-refractivity contribution in [1.29, 1.82) is 0 Å². The molecule has 0 atom stereocenters. The summed E-state index contributed by atoms with van der Waals surface area (Å²) in [6.07, 6.45) is -0.426. The molecule has 0 saturated heterocycles. The molecule has 22 heavy (non-hydrogen) atoms. The Hall–Kier alpha value is -2.08. The number of nitrogens with one attached hydrogen (secondary N) is 1. The van der Waals surface area contributed by atoms with Gasteiger partial charge >= 0.3 is 12.1 Å². The summed E-state index contributed by atoms with van der Waals surface area (Å²) >= 11 is 0. The fourth-order valence-corrected chi connectivity index (χ4v) is 1.64. The number of hydrogen-bond donors (Lipinski definition) is 1. The Labute approximate surface area is 131 Å². The molecule has 0 aliphatic carbocycles. The number of hydrazine groups is 1. The van der Waals surface area contributed by atoms with Crippen molar-refractivity contribution in [2.75, 3.05) is 13.7 Å². The molecule has 0 aliphatic rings. The van der Waals surface area contributed by atoms with E-state index in [0.29, 0.717) is 6.54 Å². The first-order valence-corrected chi connectivity index (χ1v) is 7.16. The highest BCUT2D eigenvalue weighted by molar-refractivity contribution is 5.71. The molecular formula is C16H24N2O4. The molecule has 0 fully saturated rings. The van der Waals surface area contributed by atoms with Crippen LogP contribution >= 0.6 is 0 Å². The van der Waals surface area contributed by atoms with E-state index in [9.17, 15) is 9.59 Å². The van der Waals surface area contributed by atoms with E-state index in [1.165, 1.54) is 12.1 Å². The predicted octanol–water partition coefficient (Wildman–Crippen LogP) is 2.49. The minimum absolute atomic E-state index is 0.0948. The standard InChI is InChI=1S/C16H24N2O4/c1-16(2,3)22-15(20)18(11-10-14(19)21-4)17-12-13-8-6-5-7-9-13/h5-9,17H,10-12H2,1-4H3. The lowest BCUT2D eigenvalue weighted by atomic mass is 10.2. The van der Waals surface area contributed by atoms with Crippen molar-refractivity contribution in [1.82, 2.24) is 10.4 Å². The highest BCUT2D eigenvalue weighted by atomic mass is 16.6. The van der Waals surface area contributed by atoms with E-state index in [4.69, 9.17) is 4.74 Å². The Kier molecular flexibility index (Phi) is 6.85. The van der Waals surface area contributed by atoms with Gasteiger partial charge in [-0.2, -0.15) is 0 Å².